The molecule has 0 radical (unpaired) electrons. The average Bonchev–Trinajstić information content (AvgIpc) is 3.53. The highest BCUT2D eigenvalue weighted by atomic mass is 16.3. The van der Waals surface area contributed by atoms with E-state index in [9.17, 15) is 0 Å². The van der Waals surface area contributed by atoms with Crippen LogP contribution in [0.25, 0.3) is 89.5 Å². The zero-order chi connectivity index (χ0) is 31.2. The van der Waals surface area contributed by atoms with E-state index in [4.69, 9.17) is 29.3 Å². The summed E-state index contributed by atoms with van der Waals surface area (Å²) in [6, 6.07) is 48.6. The van der Waals surface area contributed by atoms with E-state index in [1.165, 1.54) is 0 Å². The fourth-order valence-corrected chi connectivity index (χ4v) is 5.99. The van der Waals surface area contributed by atoms with Gasteiger partial charge < -0.3 is 4.42 Å². The van der Waals surface area contributed by atoms with Crippen LogP contribution in [0, 0.1) is 0 Å². The number of benzene rings is 5. The van der Waals surface area contributed by atoms with Crippen molar-refractivity contribution in [2.45, 2.75) is 0 Å². The molecule has 9 aromatic rings. The molecule has 6 heteroatoms. The minimum absolute atomic E-state index is 0.597. The van der Waals surface area contributed by atoms with Crippen LogP contribution in [0.5, 0.6) is 0 Å². The van der Waals surface area contributed by atoms with Crippen molar-refractivity contribution in [3.63, 3.8) is 0 Å². The molecule has 0 amide bonds. The van der Waals surface area contributed by atoms with Gasteiger partial charge in [0.2, 0.25) is 0 Å². The van der Waals surface area contributed by atoms with Gasteiger partial charge in [-0.25, -0.2) is 19.9 Å². The quantitative estimate of drug-likeness (QED) is 0.195. The van der Waals surface area contributed by atoms with E-state index in [0.717, 1.165) is 72.0 Å². The van der Waals surface area contributed by atoms with Crippen molar-refractivity contribution in [3.8, 4) is 56.8 Å². The zero-order valence-electron chi connectivity index (χ0n) is 25.1. The van der Waals surface area contributed by atoms with Crippen molar-refractivity contribution in [1.29, 1.82) is 0 Å². The van der Waals surface area contributed by atoms with Crippen LogP contribution in [0.1, 0.15) is 0 Å². The van der Waals surface area contributed by atoms with E-state index in [1.54, 1.807) is 0 Å². The molecule has 0 saturated heterocycles. The van der Waals surface area contributed by atoms with E-state index in [0.29, 0.717) is 17.5 Å². The van der Waals surface area contributed by atoms with Crippen molar-refractivity contribution < 1.29 is 4.42 Å². The maximum Gasteiger partial charge on any atom is 0.164 e. The van der Waals surface area contributed by atoms with Crippen LogP contribution in [0.3, 0.4) is 0 Å². The van der Waals surface area contributed by atoms with Gasteiger partial charge >= 0.3 is 0 Å². The van der Waals surface area contributed by atoms with Crippen molar-refractivity contribution in [2.75, 3.05) is 0 Å². The van der Waals surface area contributed by atoms with Gasteiger partial charge in [-0.15, -0.1) is 0 Å². The Bertz CT molecular complexity index is 2500. The lowest BCUT2D eigenvalue weighted by molar-refractivity contribution is 0.668. The van der Waals surface area contributed by atoms with Crippen LogP contribution in [0.2, 0.25) is 0 Å². The van der Waals surface area contributed by atoms with Gasteiger partial charge in [-0.3, -0.25) is 4.98 Å². The van der Waals surface area contributed by atoms with Gasteiger partial charge in [0.05, 0.1) is 11.4 Å². The van der Waals surface area contributed by atoms with Crippen LogP contribution >= 0.6 is 0 Å². The fraction of sp³-hybridized carbons (Fsp3) is 0. The third kappa shape index (κ3) is 4.89. The molecule has 0 aliphatic rings. The Morgan fingerprint density at radius 2 is 0.957 bits per heavy atom. The van der Waals surface area contributed by atoms with Crippen molar-refractivity contribution in [2.24, 2.45) is 0 Å². The molecular weight excluding hydrogens is 578 g/mol. The summed E-state index contributed by atoms with van der Waals surface area (Å²) < 4.78 is 6.43. The summed E-state index contributed by atoms with van der Waals surface area (Å²) >= 11 is 0. The van der Waals surface area contributed by atoms with Gasteiger partial charge in [0.15, 0.2) is 23.1 Å². The highest BCUT2D eigenvalue weighted by molar-refractivity contribution is 6.10. The molecule has 6 nitrogen and oxygen atoms in total. The molecule has 220 valence electrons. The van der Waals surface area contributed by atoms with E-state index < -0.39 is 0 Å². The predicted octanol–water partition coefficient (Wildman–Crippen LogP) is 10.0. The number of rotatable bonds is 5. The normalized spacial score (nSPS) is 11.4. The van der Waals surface area contributed by atoms with Crippen LogP contribution in [-0.2, 0) is 0 Å². The minimum atomic E-state index is 0.597. The molecule has 4 heterocycles. The maximum atomic E-state index is 6.43. The Balaban J connectivity index is 1.19. The monoisotopic (exact) mass is 603 g/mol. The van der Waals surface area contributed by atoms with E-state index in [-0.39, 0.29) is 0 Å². The lowest BCUT2D eigenvalue weighted by atomic mass is 10.0. The first-order valence-corrected chi connectivity index (χ1v) is 15.4. The topological polar surface area (TPSA) is 77.6 Å². The van der Waals surface area contributed by atoms with Gasteiger partial charge in [0, 0.05) is 44.6 Å². The standard InChI is InChI=1S/C41H25N5O/c1-3-11-27(12-4-1)39-44-40(28-13-5-2-6-14-28)46-41(45-39)29-21-19-26(20-22-29)37-38-33(32-17-9-10-18-36(32)47-38)24-35(43-37)34-23-30-15-7-8-16-31(30)25-42-34/h1-25H. The number of aromatic nitrogens is 5. The third-order valence-electron chi connectivity index (χ3n) is 8.37. The van der Waals surface area contributed by atoms with Gasteiger partial charge in [-0.05, 0) is 23.6 Å². The average molecular weight is 604 g/mol. The number of fused-ring (bicyclic) bond motifs is 4. The number of para-hydroxylation sites is 1. The number of hydrogen-bond acceptors (Lipinski definition) is 6. The summed E-state index contributed by atoms with van der Waals surface area (Å²) in [4.78, 5) is 24.6. The fourth-order valence-electron chi connectivity index (χ4n) is 5.99. The number of nitrogens with zero attached hydrogens (tertiary/aromatic N) is 5. The molecule has 5 aromatic carbocycles. The molecule has 0 N–H and O–H groups in total. The van der Waals surface area contributed by atoms with E-state index in [1.807, 2.05) is 109 Å². The molecular formula is C41H25N5O. The highest BCUT2D eigenvalue weighted by Crippen LogP contribution is 2.38. The van der Waals surface area contributed by atoms with Crippen molar-refractivity contribution in [3.05, 3.63) is 152 Å². The van der Waals surface area contributed by atoms with Crippen LogP contribution in [-0.4, -0.2) is 24.9 Å². The number of pyridine rings is 2. The summed E-state index contributed by atoms with van der Waals surface area (Å²) in [6.45, 7) is 0. The Morgan fingerprint density at radius 1 is 0.404 bits per heavy atom. The first-order chi connectivity index (χ1) is 23.3. The molecule has 0 atom stereocenters. The molecule has 9 rings (SSSR count). The largest absolute Gasteiger partial charge is 0.454 e. The predicted molar refractivity (Wildman–Crippen MR) is 187 cm³/mol. The minimum Gasteiger partial charge on any atom is -0.454 e. The summed E-state index contributed by atoms with van der Waals surface area (Å²) in [6.07, 6.45) is 1.90. The van der Waals surface area contributed by atoms with Gasteiger partial charge in [-0.2, -0.15) is 0 Å². The summed E-state index contributed by atoms with van der Waals surface area (Å²) in [5.41, 5.74) is 7.55. The molecule has 0 fully saturated rings. The molecule has 0 aliphatic carbocycles. The zero-order valence-corrected chi connectivity index (χ0v) is 25.1. The van der Waals surface area contributed by atoms with Crippen molar-refractivity contribution in [1.82, 2.24) is 24.9 Å². The Morgan fingerprint density at radius 3 is 1.64 bits per heavy atom. The van der Waals surface area contributed by atoms with Gasteiger partial charge in [-0.1, -0.05) is 127 Å². The van der Waals surface area contributed by atoms with Gasteiger partial charge in [0.25, 0.3) is 0 Å². The second-order valence-electron chi connectivity index (χ2n) is 11.4. The van der Waals surface area contributed by atoms with Crippen molar-refractivity contribution >= 4 is 32.7 Å². The first-order valence-electron chi connectivity index (χ1n) is 15.4. The SMILES string of the molecule is c1ccc(-c2nc(-c3ccccc3)nc(-c3ccc(-c4nc(-c5cc6ccccc6cn5)cc5c4oc4ccccc45)cc3)n2)cc1. The summed E-state index contributed by atoms with van der Waals surface area (Å²) in [5, 5.41) is 4.24. The molecule has 0 spiro atoms. The Labute approximate surface area is 270 Å². The molecule has 0 saturated carbocycles. The second kappa shape index (κ2) is 11.1. The first kappa shape index (κ1) is 26.8. The Kier molecular flexibility index (Phi) is 6.35. The molecule has 0 unspecified atom stereocenters. The van der Waals surface area contributed by atoms with E-state index >= 15 is 0 Å². The Hall–Kier alpha value is -6.53. The van der Waals surface area contributed by atoms with Crippen LogP contribution in [0.15, 0.2) is 156 Å². The number of furan rings is 1. The molecule has 4 aromatic heterocycles. The van der Waals surface area contributed by atoms with Gasteiger partial charge in [0.1, 0.15) is 11.3 Å². The third-order valence-corrected chi connectivity index (χ3v) is 8.37. The van der Waals surface area contributed by atoms with Crippen LogP contribution < -0.4 is 0 Å². The lowest BCUT2D eigenvalue weighted by Crippen LogP contribution is -2.00. The van der Waals surface area contributed by atoms with Crippen LogP contribution in [0.4, 0.5) is 0 Å². The summed E-state index contributed by atoms with van der Waals surface area (Å²) in [7, 11) is 0. The summed E-state index contributed by atoms with van der Waals surface area (Å²) in [5.74, 6) is 1.85. The molecule has 0 aliphatic heterocycles. The molecule has 47 heavy (non-hydrogen) atoms. The number of hydrogen-bond donors (Lipinski definition) is 0. The van der Waals surface area contributed by atoms with E-state index in [2.05, 4.69) is 42.5 Å². The highest BCUT2D eigenvalue weighted by Gasteiger charge is 2.18. The molecule has 0 bridgehead atoms. The lowest BCUT2D eigenvalue weighted by Gasteiger charge is -2.10. The smallest absolute Gasteiger partial charge is 0.164 e. The maximum absolute atomic E-state index is 6.43. The second-order valence-corrected chi connectivity index (χ2v) is 11.4.